The summed E-state index contributed by atoms with van der Waals surface area (Å²) < 4.78 is 10.4. The van der Waals surface area contributed by atoms with Gasteiger partial charge in [-0.25, -0.2) is 4.79 Å². The molecular formula is C22H18N2O5S. The number of nitrogens with one attached hydrogen (secondary N) is 2. The number of rotatable bonds is 6. The quantitative estimate of drug-likeness (QED) is 0.343. The molecule has 7 nitrogen and oxygen atoms in total. The van der Waals surface area contributed by atoms with Crippen LogP contribution in [0.1, 0.15) is 43.2 Å². The first-order valence-corrected chi connectivity index (χ1v) is 10.0. The molecule has 152 valence electrons. The zero-order chi connectivity index (χ0) is 21.3. The molecular weight excluding hydrogens is 404 g/mol. The van der Waals surface area contributed by atoms with Crippen molar-refractivity contribution in [2.45, 2.75) is 20.0 Å². The van der Waals surface area contributed by atoms with Crippen LogP contribution in [0.3, 0.4) is 0 Å². The van der Waals surface area contributed by atoms with Gasteiger partial charge in [0.25, 0.3) is 5.91 Å². The summed E-state index contributed by atoms with van der Waals surface area (Å²) in [5.41, 5.74) is 2.10. The molecule has 0 unspecified atom stereocenters. The number of anilines is 1. The van der Waals surface area contributed by atoms with Crippen molar-refractivity contribution in [3.63, 3.8) is 0 Å². The van der Waals surface area contributed by atoms with Crippen LogP contribution in [0.4, 0.5) is 5.00 Å². The van der Waals surface area contributed by atoms with E-state index < -0.39 is 18.0 Å². The number of aryl methyl sites for hydroxylation is 1. The Bertz CT molecular complexity index is 1240. The van der Waals surface area contributed by atoms with Crippen LogP contribution < -0.4 is 5.32 Å². The lowest BCUT2D eigenvalue weighted by Crippen LogP contribution is -2.24. The number of ketones is 1. The summed E-state index contributed by atoms with van der Waals surface area (Å²) in [6.45, 7) is 3.36. The zero-order valence-electron chi connectivity index (χ0n) is 16.2. The van der Waals surface area contributed by atoms with Crippen molar-refractivity contribution in [3.8, 4) is 0 Å². The van der Waals surface area contributed by atoms with Gasteiger partial charge < -0.3 is 19.5 Å². The normalized spacial score (nSPS) is 11.9. The first-order valence-electron chi connectivity index (χ1n) is 9.21. The SMILES string of the molecule is Cc1[nH]c2ccccc2c1C(=O)[C@@H](C)OC(=O)c1ccc(NC(=O)c2ccco2)s1. The third-order valence-electron chi connectivity index (χ3n) is 4.58. The maximum atomic E-state index is 12.9. The summed E-state index contributed by atoms with van der Waals surface area (Å²) in [5.74, 6) is -1.15. The van der Waals surface area contributed by atoms with E-state index in [4.69, 9.17) is 9.15 Å². The van der Waals surface area contributed by atoms with Crippen LogP contribution in [0.2, 0.25) is 0 Å². The molecule has 0 aliphatic heterocycles. The standard InChI is InChI=1S/C22H18N2O5S/c1-12-19(14-6-3-4-7-15(14)23-12)20(25)13(2)29-22(27)17-9-10-18(30-17)24-21(26)16-8-5-11-28-16/h3-11,13,23H,1-2H3,(H,24,26)/t13-/m1/s1. The maximum absolute atomic E-state index is 12.9. The van der Waals surface area contributed by atoms with Crippen LogP contribution in [-0.4, -0.2) is 28.7 Å². The average molecular weight is 422 g/mol. The van der Waals surface area contributed by atoms with Crippen LogP contribution in [0.15, 0.2) is 59.2 Å². The summed E-state index contributed by atoms with van der Waals surface area (Å²) in [7, 11) is 0. The Morgan fingerprint density at radius 2 is 1.90 bits per heavy atom. The van der Waals surface area contributed by atoms with Crippen LogP contribution in [0.25, 0.3) is 10.9 Å². The number of furan rings is 1. The summed E-state index contributed by atoms with van der Waals surface area (Å²) >= 11 is 1.06. The van der Waals surface area contributed by atoms with E-state index in [1.54, 1.807) is 25.1 Å². The second kappa shape index (κ2) is 8.00. The average Bonchev–Trinajstić information content (AvgIpc) is 3.46. The Balaban J connectivity index is 1.44. The van der Waals surface area contributed by atoms with Gasteiger partial charge in [0, 0.05) is 22.2 Å². The predicted molar refractivity (Wildman–Crippen MR) is 113 cm³/mol. The van der Waals surface area contributed by atoms with Gasteiger partial charge in [0.1, 0.15) is 4.88 Å². The minimum absolute atomic E-state index is 0.167. The number of thiophene rings is 1. The van der Waals surface area contributed by atoms with Crippen LogP contribution in [-0.2, 0) is 4.74 Å². The molecule has 4 rings (SSSR count). The number of hydrogen-bond acceptors (Lipinski definition) is 6. The molecule has 0 saturated heterocycles. The van der Waals surface area contributed by atoms with Crippen molar-refractivity contribution in [1.29, 1.82) is 0 Å². The third kappa shape index (κ3) is 3.77. The number of para-hydroxylation sites is 1. The van der Waals surface area contributed by atoms with Gasteiger partial charge >= 0.3 is 5.97 Å². The van der Waals surface area contributed by atoms with Crippen molar-refractivity contribution >= 4 is 44.9 Å². The molecule has 0 aliphatic rings. The summed E-state index contributed by atoms with van der Waals surface area (Å²) in [6.07, 6.45) is 0.443. The summed E-state index contributed by atoms with van der Waals surface area (Å²) in [6, 6.07) is 13.8. The first-order chi connectivity index (χ1) is 14.4. The van der Waals surface area contributed by atoms with E-state index in [2.05, 4.69) is 10.3 Å². The Hall–Kier alpha value is -3.65. The molecule has 2 N–H and O–H groups in total. The van der Waals surface area contributed by atoms with E-state index in [0.717, 1.165) is 27.9 Å². The van der Waals surface area contributed by atoms with E-state index in [1.807, 2.05) is 31.2 Å². The Kier molecular flexibility index (Phi) is 5.24. The van der Waals surface area contributed by atoms with E-state index in [1.165, 1.54) is 12.3 Å². The van der Waals surface area contributed by atoms with Crippen LogP contribution in [0, 0.1) is 6.92 Å². The van der Waals surface area contributed by atoms with Crippen molar-refractivity contribution in [3.05, 3.63) is 76.7 Å². The Morgan fingerprint density at radius 3 is 2.67 bits per heavy atom. The fraction of sp³-hybridized carbons (Fsp3) is 0.136. The molecule has 0 aliphatic carbocycles. The minimum Gasteiger partial charge on any atom is -0.459 e. The largest absolute Gasteiger partial charge is 0.459 e. The molecule has 3 heterocycles. The van der Waals surface area contributed by atoms with E-state index >= 15 is 0 Å². The second-order valence-electron chi connectivity index (χ2n) is 6.68. The Morgan fingerprint density at radius 1 is 1.10 bits per heavy atom. The number of Topliss-reactive ketones (excluding diaryl/α,β-unsaturated/α-hetero) is 1. The van der Waals surface area contributed by atoms with Gasteiger partial charge in [-0.2, -0.15) is 0 Å². The number of carbonyl (C=O) groups is 3. The van der Waals surface area contributed by atoms with E-state index in [9.17, 15) is 14.4 Å². The van der Waals surface area contributed by atoms with Gasteiger partial charge in [0.2, 0.25) is 5.78 Å². The van der Waals surface area contributed by atoms with Gasteiger partial charge in [-0.3, -0.25) is 9.59 Å². The summed E-state index contributed by atoms with van der Waals surface area (Å²) in [4.78, 5) is 40.9. The van der Waals surface area contributed by atoms with Gasteiger partial charge in [-0.05, 0) is 44.2 Å². The lowest BCUT2D eigenvalue weighted by Gasteiger charge is -2.12. The number of aromatic amines is 1. The van der Waals surface area contributed by atoms with Crippen molar-refractivity contribution in [1.82, 2.24) is 4.98 Å². The van der Waals surface area contributed by atoms with Gasteiger partial charge in [0.15, 0.2) is 11.9 Å². The van der Waals surface area contributed by atoms with Crippen molar-refractivity contribution < 1.29 is 23.5 Å². The number of amides is 1. The monoisotopic (exact) mass is 422 g/mol. The molecule has 0 radical (unpaired) electrons. The molecule has 1 aromatic carbocycles. The fourth-order valence-corrected chi connectivity index (χ4v) is 3.95. The fourth-order valence-electron chi connectivity index (χ4n) is 3.17. The molecule has 1 atom stereocenters. The Labute approximate surface area is 175 Å². The zero-order valence-corrected chi connectivity index (χ0v) is 17.0. The predicted octanol–water partition coefficient (Wildman–Crippen LogP) is 4.81. The number of hydrogen-bond donors (Lipinski definition) is 2. The molecule has 4 aromatic rings. The number of H-pyrrole nitrogens is 1. The van der Waals surface area contributed by atoms with E-state index in [-0.39, 0.29) is 16.4 Å². The molecule has 3 aromatic heterocycles. The number of aromatic nitrogens is 1. The third-order valence-corrected chi connectivity index (χ3v) is 5.56. The van der Waals surface area contributed by atoms with E-state index in [0.29, 0.717) is 10.6 Å². The van der Waals surface area contributed by atoms with Crippen LogP contribution >= 0.6 is 11.3 Å². The molecule has 1 amide bonds. The highest BCUT2D eigenvalue weighted by atomic mass is 32.1. The van der Waals surface area contributed by atoms with Gasteiger partial charge in [-0.15, -0.1) is 11.3 Å². The highest BCUT2D eigenvalue weighted by Crippen LogP contribution is 2.26. The summed E-state index contributed by atoms with van der Waals surface area (Å²) in [5, 5.41) is 3.91. The number of carbonyl (C=O) groups excluding carboxylic acids is 3. The number of benzene rings is 1. The topological polar surface area (TPSA) is 101 Å². The number of esters is 1. The van der Waals surface area contributed by atoms with Gasteiger partial charge in [0.05, 0.1) is 11.3 Å². The highest BCUT2D eigenvalue weighted by molar-refractivity contribution is 7.18. The molecule has 30 heavy (non-hydrogen) atoms. The first kappa shape index (κ1) is 19.7. The molecule has 8 heteroatoms. The number of fused-ring (bicyclic) bond motifs is 1. The lowest BCUT2D eigenvalue weighted by atomic mass is 10.0. The maximum Gasteiger partial charge on any atom is 0.349 e. The highest BCUT2D eigenvalue weighted by Gasteiger charge is 2.25. The van der Waals surface area contributed by atoms with Crippen LogP contribution in [0.5, 0.6) is 0 Å². The molecule has 0 spiro atoms. The second-order valence-corrected chi connectivity index (χ2v) is 7.76. The minimum atomic E-state index is -0.960. The van der Waals surface area contributed by atoms with Crippen molar-refractivity contribution in [2.75, 3.05) is 5.32 Å². The molecule has 0 fully saturated rings. The van der Waals surface area contributed by atoms with Crippen molar-refractivity contribution in [2.24, 2.45) is 0 Å². The smallest absolute Gasteiger partial charge is 0.349 e. The molecule has 0 saturated carbocycles. The van der Waals surface area contributed by atoms with Gasteiger partial charge in [-0.1, -0.05) is 18.2 Å². The number of ether oxygens (including phenoxy) is 1. The lowest BCUT2D eigenvalue weighted by molar-refractivity contribution is 0.0324. The molecule has 0 bridgehead atoms.